The number of hydrazone groups is 1. The van der Waals surface area contributed by atoms with Crippen LogP contribution in [0.1, 0.15) is 88.7 Å². The zero-order valence-electron chi connectivity index (χ0n) is 17.3. The minimum absolute atomic E-state index is 0.0630. The first-order valence-electron chi connectivity index (χ1n) is 11.2. The topological polar surface area (TPSA) is 61.7 Å². The molecule has 2 saturated carbocycles. The van der Waals surface area contributed by atoms with Crippen molar-refractivity contribution in [2.24, 2.45) is 22.4 Å². The Hall–Kier alpha value is -1.84. The average molecular weight is 383 g/mol. The van der Waals surface area contributed by atoms with E-state index in [1.54, 1.807) is 0 Å². The van der Waals surface area contributed by atoms with Crippen LogP contribution in [0.5, 0.6) is 5.75 Å². The Morgan fingerprint density at radius 1 is 1.25 bits per heavy atom. The van der Waals surface area contributed by atoms with Gasteiger partial charge < -0.3 is 5.11 Å². The summed E-state index contributed by atoms with van der Waals surface area (Å²) < 4.78 is 0. The van der Waals surface area contributed by atoms with E-state index in [4.69, 9.17) is 0 Å². The fraction of sp³-hybridized carbons (Fsp3) is 0.667. The molecule has 3 aliphatic rings. The predicted octanol–water partition coefficient (Wildman–Crippen LogP) is 5.30. The van der Waals surface area contributed by atoms with E-state index in [1.807, 2.05) is 12.1 Å². The summed E-state index contributed by atoms with van der Waals surface area (Å²) in [5, 5.41) is 14.5. The van der Waals surface area contributed by atoms with Crippen molar-refractivity contribution in [1.82, 2.24) is 5.43 Å². The predicted molar refractivity (Wildman–Crippen MR) is 112 cm³/mol. The van der Waals surface area contributed by atoms with Crippen molar-refractivity contribution < 1.29 is 9.90 Å². The van der Waals surface area contributed by atoms with Crippen LogP contribution in [0.2, 0.25) is 0 Å². The standard InChI is InChI=1S/C24H34N2O2/c1-3-4-5-6-23(28)26-25-22-12-11-21-20-9-7-16-15-17(27)8-10-18(16)19(20)13-14-24(21,22)2/h8,10,15,19-21,27H,3-7,9,11-14H2,1-2H3,(H,26,28)/b25-22+. The summed E-state index contributed by atoms with van der Waals surface area (Å²) in [6, 6.07) is 5.98. The van der Waals surface area contributed by atoms with Crippen molar-refractivity contribution in [1.29, 1.82) is 0 Å². The molecule has 0 saturated heterocycles. The summed E-state index contributed by atoms with van der Waals surface area (Å²) >= 11 is 0. The molecule has 0 spiro atoms. The van der Waals surface area contributed by atoms with Crippen LogP contribution in [-0.2, 0) is 11.2 Å². The van der Waals surface area contributed by atoms with Crippen LogP contribution in [0, 0.1) is 17.3 Å². The second-order valence-electron chi connectivity index (χ2n) is 9.34. The van der Waals surface area contributed by atoms with Crippen molar-refractivity contribution in [3.8, 4) is 5.75 Å². The molecule has 0 aliphatic heterocycles. The van der Waals surface area contributed by atoms with Crippen LogP contribution in [0.3, 0.4) is 0 Å². The van der Waals surface area contributed by atoms with Crippen LogP contribution in [-0.4, -0.2) is 16.7 Å². The minimum atomic E-state index is 0.0630. The number of hydrogen-bond donors (Lipinski definition) is 2. The Balaban J connectivity index is 1.47. The maximum Gasteiger partial charge on any atom is 0.240 e. The molecule has 0 aromatic heterocycles. The van der Waals surface area contributed by atoms with E-state index in [1.165, 1.54) is 36.1 Å². The minimum Gasteiger partial charge on any atom is -0.508 e. The van der Waals surface area contributed by atoms with Gasteiger partial charge in [0.15, 0.2) is 0 Å². The third-order valence-corrected chi connectivity index (χ3v) is 7.77. The molecule has 2 N–H and O–H groups in total. The molecule has 28 heavy (non-hydrogen) atoms. The molecule has 0 heterocycles. The molecule has 3 aliphatic carbocycles. The molecule has 2 fully saturated rings. The molecule has 4 heteroatoms. The number of amides is 1. The quantitative estimate of drug-likeness (QED) is 0.536. The van der Waals surface area contributed by atoms with E-state index in [2.05, 4.69) is 30.4 Å². The molecule has 1 aromatic carbocycles. The number of phenols is 1. The van der Waals surface area contributed by atoms with E-state index in [-0.39, 0.29) is 11.3 Å². The Morgan fingerprint density at radius 3 is 2.93 bits per heavy atom. The van der Waals surface area contributed by atoms with Gasteiger partial charge in [0, 0.05) is 17.5 Å². The number of benzene rings is 1. The molecular formula is C24H34N2O2. The molecule has 1 amide bonds. The lowest BCUT2D eigenvalue weighted by atomic mass is 9.55. The van der Waals surface area contributed by atoms with Gasteiger partial charge in [-0.25, -0.2) is 5.43 Å². The Kier molecular flexibility index (Phi) is 5.48. The number of carbonyl (C=O) groups excluding carboxylic acids is 1. The highest BCUT2D eigenvalue weighted by Crippen LogP contribution is 2.59. The lowest BCUT2D eigenvalue weighted by Gasteiger charge is -2.49. The van der Waals surface area contributed by atoms with E-state index >= 15 is 0 Å². The number of hydrogen-bond acceptors (Lipinski definition) is 3. The number of unbranched alkanes of at least 4 members (excludes halogenated alkanes) is 2. The zero-order valence-corrected chi connectivity index (χ0v) is 17.3. The lowest BCUT2D eigenvalue weighted by molar-refractivity contribution is -0.121. The van der Waals surface area contributed by atoms with Gasteiger partial charge in [0.1, 0.15) is 5.75 Å². The average Bonchev–Trinajstić information content (AvgIpc) is 3.02. The Morgan fingerprint density at radius 2 is 2.11 bits per heavy atom. The first-order valence-corrected chi connectivity index (χ1v) is 11.2. The molecule has 4 atom stereocenters. The molecule has 0 radical (unpaired) electrons. The second kappa shape index (κ2) is 7.88. The third kappa shape index (κ3) is 3.46. The molecule has 1 aromatic rings. The number of aryl methyl sites for hydroxylation is 1. The third-order valence-electron chi connectivity index (χ3n) is 7.77. The summed E-state index contributed by atoms with van der Waals surface area (Å²) in [5.74, 6) is 2.43. The van der Waals surface area contributed by atoms with E-state index in [0.29, 0.717) is 29.9 Å². The van der Waals surface area contributed by atoms with Gasteiger partial charge in [-0.05, 0) is 86.0 Å². The van der Waals surface area contributed by atoms with Crippen LogP contribution in [0.4, 0.5) is 0 Å². The van der Waals surface area contributed by atoms with Crippen molar-refractivity contribution in [3.05, 3.63) is 29.3 Å². The summed E-state index contributed by atoms with van der Waals surface area (Å²) in [5.41, 5.74) is 7.01. The molecule has 152 valence electrons. The molecule has 4 rings (SSSR count). The van der Waals surface area contributed by atoms with Crippen molar-refractivity contribution in [3.63, 3.8) is 0 Å². The highest BCUT2D eigenvalue weighted by Gasteiger charge is 2.53. The fourth-order valence-electron chi connectivity index (χ4n) is 6.26. The first kappa shape index (κ1) is 19.5. The number of rotatable bonds is 5. The second-order valence-corrected chi connectivity index (χ2v) is 9.34. The lowest BCUT2D eigenvalue weighted by Crippen LogP contribution is -2.43. The number of phenolic OH excluding ortho intramolecular Hbond substituents is 1. The Bertz CT molecular complexity index is 772. The Labute approximate surface area is 168 Å². The van der Waals surface area contributed by atoms with E-state index < -0.39 is 0 Å². The van der Waals surface area contributed by atoms with Crippen molar-refractivity contribution in [2.45, 2.75) is 84.0 Å². The zero-order chi connectivity index (χ0) is 19.7. The fourth-order valence-corrected chi connectivity index (χ4v) is 6.26. The number of nitrogens with one attached hydrogen (secondary N) is 1. The maximum absolute atomic E-state index is 12.1. The van der Waals surface area contributed by atoms with Gasteiger partial charge in [0.2, 0.25) is 5.91 Å². The van der Waals surface area contributed by atoms with Crippen LogP contribution in [0.15, 0.2) is 23.3 Å². The summed E-state index contributed by atoms with van der Waals surface area (Å²) in [6.07, 6.45) is 10.6. The highest BCUT2D eigenvalue weighted by atomic mass is 16.3. The molecule has 4 unspecified atom stereocenters. The van der Waals surface area contributed by atoms with Gasteiger partial charge in [0.25, 0.3) is 0 Å². The SMILES string of the molecule is CCCCCC(=O)N/N=C1\CCC2C3CCc4cc(O)ccc4C3CCC12C. The maximum atomic E-state index is 12.1. The summed E-state index contributed by atoms with van der Waals surface area (Å²) in [6.45, 7) is 4.54. The van der Waals surface area contributed by atoms with Crippen molar-refractivity contribution in [2.75, 3.05) is 0 Å². The van der Waals surface area contributed by atoms with E-state index in [0.717, 1.165) is 38.5 Å². The molecular weight excluding hydrogens is 348 g/mol. The van der Waals surface area contributed by atoms with Gasteiger partial charge in [-0.2, -0.15) is 5.10 Å². The number of carbonyl (C=O) groups is 1. The summed E-state index contributed by atoms with van der Waals surface area (Å²) in [7, 11) is 0. The van der Waals surface area contributed by atoms with Crippen LogP contribution < -0.4 is 5.43 Å². The molecule has 4 nitrogen and oxygen atoms in total. The number of aromatic hydroxyl groups is 1. The smallest absolute Gasteiger partial charge is 0.240 e. The normalized spacial score (nSPS) is 32.5. The van der Waals surface area contributed by atoms with Crippen molar-refractivity contribution >= 4 is 11.6 Å². The number of fused-ring (bicyclic) bond motifs is 5. The number of nitrogens with zero attached hydrogens (tertiary/aromatic N) is 1. The van der Waals surface area contributed by atoms with E-state index in [9.17, 15) is 9.90 Å². The van der Waals surface area contributed by atoms with Gasteiger partial charge in [-0.15, -0.1) is 0 Å². The largest absolute Gasteiger partial charge is 0.508 e. The van der Waals surface area contributed by atoms with Gasteiger partial charge in [-0.1, -0.05) is 32.8 Å². The van der Waals surface area contributed by atoms with Gasteiger partial charge >= 0.3 is 0 Å². The van der Waals surface area contributed by atoms with Crippen LogP contribution in [0.25, 0.3) is 0 Å². The monoisotopic (exact) mass is 382 g/mol. The first-order chi connectivity index (χ1) is 13.5. The van der Waals surface area contributed by atoms with Crippen LogP contribution >= 0.6 is 0 Å². The van der Waals surface area contributed by atoms with Gasteiger partial charge in [-0.3, -0.25) is 4.79 Å². The van der Waals surface area contributed by atoms with Gasteiger partial charge in [0.05, 0.1) is 0 Å². The molecule has 0 bridgehead atoms. The summed E-state index contributed by atoms with van der Waals surface area (Å²) in [4.78, 5) is 12.1. The highest BCUT2D eigenvalue weighted by molar-refractivity contribution is 5.93.